The van der Waals surface area contributed by atoms with Gasteiger partial charge in [-0.2, -0.15) is 0 Å². The summed E-state index contributed by atoms with van der Waals surface area (Å²) in [6.45, 7) is 12.8. The molecule has 206 valence electrons. The van der Waals surface area contributed by atoms with Crippen molar-refractivity contribution in [2.75, 3.05) is 31.9 Å². The molecule has 1 unspecified atom stereocenters. The molecular formula is C32H43Cl2N3O. The minimum absolute atomic E-state index is 0. The van der Waals surface area contributed by atoms with Crippen LogP contribution < -0.4 is 15.8 Å². The van der Waals surface area contributed by atoms with Gasteiger partial charge in [-0.15, -0.1) is 24.8 Å². The summed E-state index contributed by atoms with van der Waals surface area (Å²) in [5.74, 6) is 1.73. The number of ether oxygens (including phenoxy) is 1. The van der Waals surface area contributed by atoms with E-state index in [-0.39, 0.29) is 36.5 Å². The van der Waals surface area contributed by atoms with Gasteiger partial charge in [0.25, 0.3) is 0 Å². The van der Waals surface area contributed by atoms with Crippen molar-refractivity contribution in [3.05, 3.63) is 94.0 Å². The van der Waals surface area contributed by atoms with E-state index in [2.05, 4.69) is 98.6 Å². The predicted octanol–water partition coefficient (Wildman–Crippen LogP) is 6.82. The average molecular weight is 557 g/mol. The van der Waals surface area contributed by atoms with Crippen molar-refractivity contribution < 1.29 is 4.74 Å². The molecule has 0 aromatic heterocycles. The smallest absolute Gasteiger partial charge is 0.127 e. The fourth-order valence-electron chi connectivity index (χ4n) is 6.28. The molecule has 4 nitrogen and oxygen atoms in total. The largest absolute Gasteiger partial charge is 0.485 e. The fourth-order valence-corrected chi connectivity index (χ4v) is 6.28. The van der Waals surface area contributed by atoms with Crippen LogP contribution in [0.3, 0.4) is 0 Å². The number of piperidine rings is 1. The van der Waals surface area contributed by atoms with Gasteiger partial charge in [-0.05, 0) is 87.4 Å². The molecule has 6 heteroatoms. The van der Waals surface area contributed by atoms with Crippen LogP contribution in [0.15, 0.2) is 60.7 Å². The van der Waals surface area contributed by atoms with Gasteiger partial charge in [0.1, 0.15) is 11.4 Å². The normalized spacial score (nSPS) is 19.0. The van der Waals surface area contributed by atoms with Crippen LogP contribution in [0.5, 0.6) is 5.75 Å². The van der Waals surface area contributed by atoms with Crippen molar-refractivity contribution in [1.82, 2.24) is 10.2 Å². The summed E-state index contributed by atoms with van der Waals surface area (Å²) in [7, 11) is 0. The summed E-state index contributed by atoms with van der Waals surface area (Å²) in [5, 5.41) is 3.54. The Morgan fingerprint density at radius 3 is 2.00 bits per heavy atom. The maximum absolute atomic E-state index is 6.87. The Hall–Kier alpha value is -2.24. The van der Waals surface area contributed by atoms with Crippen LogP contribution >= 0.6 is 24.8 Å². The number of hydrogen-bond acceptors (Lipinski definition) is 4. The Morgan fingerprint density at radius 2 is 1.45 bits per heavy atom. The lowest BCUT2D eigenvalue weighted by molar-refractivity contribution is 0.0400. The molecule has 2 aliphatic rings. The maximum Gasteiger partial charge on any atom is 0.127 e. The third-order valence-corrected chi connectivity index (χ3v) is 8.42. The quantitative estimate of drug-likeness (QED) is 0.314. The van der Waals surface area contributed by atoms with Gasteiger partial charge in [0.2, 0.25) is 0 Å². The first-order valence-electron chi connectivity index (χ1n) is 13.5. The molecule has 5 rings (SSSR count). The molecular weight excluding hydrogens is 513 g/mol. The van der Waals surface area contributed by atoms with Gasteiger partial charge >= 0.3 is 0 Å². The zero-order valence-corrected chi connectivity index (χ0v) is 24.8. The summed E-state index contributed by atoms with van der Waals surface area (Å²) in [6.07, 6.45) is 3.33. The molecule has 2 heterocycles. The van der Waals surface area contributed by atoms with Crippen molar-refractivity contribution in [1.29, 1.82) is 0 Å². The highest BCUT2D eigenvalue weighted by Crippen LogP contribution is 2.45. The molecule has 0 aliphatic carbocycles. The molecule has 0 radical (unpaired) electrons. The topological polar surface area (TPSA) is 50.5 Å². The second kappa shape index (κ2) is 12.7. The Kier molecular flexibility index (Phi) is 10.2. The van der Waals surface area contributed by atoms with Crippen molar-refractivity contribution >= 4 is 30.5 Å². The zero-order chi connectivity index (χ0) is 25.3. The van der Waals surface area contributed by atoms with Crippen LogP contribution in [-0.2, 0) is 6.42 Å². The highest BCUT2D eigenvalue weighted by molar-refractivity contribution is 5.85. The van der Waals surface area contributed by atoms with Crippen molar-refractivity contribution in [3.8, 4) is 5.75 Å². The molecule has 0 amide bonds. The predicted molar refractivity (Wildman–Crippen MR) is 164 cm³/mol. The number of nitrogen functional groups attached to an aromatic ring is 1. The summed E-state index contributed by atoms with van der Waals surface area (Å²) >= 11 is 0. The van der Waals surface area contributed by atoms with Crippen molar-refractivity contribution in [2.24, 2.45) is 5.92 Å². The van der Waals surface area contributed by atoms with E-state index in [1.54, 1.807) is 0 Å². The minimum atomic E-state index is -0.313. The van der Waals surface area contributed by atoms with Gasteiger partial charge in [-0.3, -0.25) is 4.90 Å². The molecule has 3 N–H and O–H groups in total. The van der Waals surface area contributed by atoms with Gasteiger partial charge in [-0.1, -0.05) is 60.7 Å². The lowest BCUT2D eigenvalue weighted by Crippen LogP contribution is -2.48. The number of hydrogen-bond donors (Lipinski definition) is 2. The van der Waals surface area contributed by atoms with E-state index in [1.807, 2.05) is 0 Å². The van der Waals surface area contributed by atoms with Crippen LogP contribution in [0.1, 0.15) is 59.2 Å². The highest BCUT2D eigenvalue weighted by atomic mass is 35.5. The number of benzene rings is 3. The number of fused-ring (bicyclic) bond motifs is 1. The van der Waals surface area contributed by atoms with E-state index in [9.17, 15) is 0 Å². The Labute approximate surface area is 241 Å². The number of nitrogens with two attached hydrogens (primary N) is 1. The average Bonchev–Trinajstić information content (AvgIpc) is 3.25. The Balaban J connectivity index is 0.00000200. The summed E-state index contributed by atoms with van der Waals surface area (Å²) in [5.41, 5.74) is 14.6. The summed E-state index contributed by atoms with van der Waals surface area (Å²) in [4.78, 5) is 2.70. The van der Waals surface area contributed by atoms with E-state index in [4.69, 9.17) is 10.5 Å². The van der Waals surface area contributed by atoms with Crippen LogP contribution in [0.2, 0.25) is 0 Å². The molecule has 0 bridgehead atoms. The van der Waals surface area contributed by atoms with Gasteiger partial charge in [-0.25, -0.2) is 0 Å². The van der Waals surface area contributed by atoms with Gasteiger partial charge in [0.05, 0.1) is 6.04 Å². The van der Waals surface area contributed by atoms with Crippen LogP contribution in [0.4, 0.5) is 5.69 Å². The van der Waals surface area contributed by atoms with Crippen LogP contribution in [-0.4, -0.2) is 36.7 Å². The lowest BCUT2D eigenvalue weighted by atomic mass is 9.89. The molecule has 3 aromatic carbocycles. The van der Waals surface area contributed by atoms with Gasteiger partial charge in [0, 0.05) is 30.8 Å². The first-order valence-corrected chi connectivity index (χ1v) is 13.5. The van der Waals surface area contributed by atoms with Crippen molar-refractivity contribution in [2.45, 2.75) is 58.6 Å². The number of rotatable bonds is 7. The van der Waals surface area contributed by atoms with Crippen LogP contribution in [0, 0.1) is 26.7 Å². The van der Waals surface area contributed by atoms with Gasteiger partial charge < -0.3 is 15.8 Å². The molecule has 1 saturated heterocycles. The molecule has 2 aliphatic heterocycles. The molecule has 1 fully saturated rings. The summed E-state index contributed by atoms with van der Waals surface area (Å²) < 4.78 is 6.87. The number of nitrogens with zero attached hydrogens (tertiary/aromatic N) is 1. The summed E-state index contributed by atoms with van der Waals surface area (Å²) in [6, 6.07) is 22.2. The number of anilines is 1. The lowest BCUT2D eigenvalue weighted by Gasteiger charge is -2.40. The monoisotopic (exact) mass is 555 g/mol. The first-order chi connectivity index (χ1) is 17.4. The zero-order valence-electron chi connectivity index (χ0n) is 23.1. The second-order valence-corrected chi connectivity index (χ2v) is 11.2. The molecule has 38 heavy (non-hydrogen) atoms. The van der Waals surface area contributed by atoms with E-state index in [0.717, 1.165) is 49.6 Å². The van der Waals surface area contributed by atoms with Crippen LogP contribution in [0.25, 0.3) is 0 Å². The van der Waals surface area contributed by atoms with E-state index in [0.29, 0.717) is 5.92 Å². The van der Waals surface area contributed by atoms with Crippen molar-refractivity contribution in [3.63, 3.8) is 0 Å². The molecule has 0 spiro atoms. The Morgan fingerprint density at radius 1 is 0.895 bits per heavy atom. The standard InChI is InChI=1S/C32H41N3O.2ClH/c1-22-23(2)31-28(24(3)29(22)33)19-32(4,36-31)21-35(20-25-15-17-34-18-16-25)30(26-11-7-5-8-12-26)27-13-9-6-10-14-27;;/h5-14,25,30,34H,15-21,33H2,1-4H3;2*1H. The SMILES string of the molecule is Cc1c(C)c2c(c(C)c1N)CC(C)(CN(CC1CCNCC1)C(c1ccccc1)c1ccccc1)O2.Cl.Cl. The highest BCUT2D eigenvalue weighted by Gasteiger charge is 2.41. The second-order valence-electron chi connectivity index (χ2n) is 11.2. The minimum Gasteiger partial charge on any atom is -0.485 e. The third kappa shape index (κ3) is 6.15. The number of halogens is 2. The van der Waals surface area contributed by atoms with E-state index >= 15 is 0 Å². The Bertz CT molecular complexity index is 1120. The molecule has 1 atom stereocenters. The molecule has 0 saturated carbocycles. The first kappa shape index (κ1) is 30.3. The molecule has 3 aromatic rings. The van der Waals surface area contributed by atoms with E-state index in [1.165, 1.54) is 40.7 Å². The maximum atomic E-state index is 6.87. The van der Waals surface area contributed by atoms with E-state index < -0.39 is 0 Å². The fraction of sp³-hybridized carbons (Fsp3) is 0.438. The number of nitrogens with one attached hydrogen (secondary N) is 1. The van der Waals surface area contributed by atoms with Gasteiger partial charge in [0.15, 0.2) is 0 Å². The third-order valence-electron chi connectivity index (χ3n) is 8.42.